The Bertz CT molecular complexity index is 239. The Labute approximate surface area is 78.1 Å². The molecule has 0 N–H and O–H groups in total. The van der Waals surface area contributed by atoms with Crippen molar-refractivity contribution in [2.45, 2.75) is 26.7 Å². The number of hydrogen-bond donors (Lipinski definition) is 0. The predicted molar refractivity (Wildman–Crippen MR) is 50.0 cm³/mol. The van der Waals surface area contributed by atoms with Crippen LogP contribution in [0.4, 0.5) is 0 Å². The highest BCUT2D eigenvalue weighted by molar-refractivity contribution is 5.99. The molecule has 0 aliphatic heterocycles. The van der Waals surface area contributed by atoms with E-state index in [-0.39, 0.29) is 5.78 Å². The van der Waals surface area contributed by atoms with Crippen LogP contribution in [-0.4, -0.2) is 11.8 Å². The monoisotopic (exact) mass is 182 g/mol. The standard InChI is InChI=1S/C10H14O3/c1-4-6-9(11)7-8(3)10(12)13-5-2/h5,7H,2,4,6H2,1,3H3. The van der Waals surface area contributed by atoms with Gasteiger partial charge in [0.2, 0.25) is 0 Å². The molecule has 0 spiro atoms. The number of ether oxygens (including phenoxy) is 1. The molecule has 72 valence electrons. The van der Waals surface area contributed by atoms with Crippen LogP contribution in [0.1, 0.15) is 26.7 Å². The lowest BCUT2D eigenvalue weighted by molar-refractivity contribution is -0.133. The summed E-state index contributed by atoms with van der Waals surface area (Å²) in [6, 6.07) is 0. The molecule has 0 aromatic carbocycles. The first-order valence-electron chi connectivity index (χ1n) is 4.14. The van der Waals surface area contributed by atoms with Gasteiger partial charge in [0.25, 0.3) is 0 Å². The minimum atomic E-state index is -0.528. The van der Waals surface area contributed by atoms with Crippen molar-refractivity contribution >= 4 is 11.8 Å². The Kier molecular flexibility index (Phi) is 5.52. The molecule has 0 fully saturated rings. The van der Waals surface area contributed by atoms with Crippen LogP contribution in [0.3, 0.4) is 0 Å². The first-order chi connectivity index (χ1) is 6.11. The van der Waals surface area contributed by atoms with Crippen LogP contribution in [0.2, 0.25) is 0 Å². The molecule has 0 heterocycles. The number of rotatable bonds is 5. The van der Waals surface area contributed by atoms with Crippen LogP contribution in [0, 0.1) is 0 Å². The zero-order chi connectivity index (χ0) is 10.3. The van der Waals surface area contributed by atoms with Crippen molar-refractivity contribution in [1.29, 1.82) is 0 Å². The van der Waals surface area contributed by atoms with Gasteiger partial charge in [0, 0.05) is 12.0 Å². The van der Waals surface area contributed by atoms with Crippen LogP contribution in [0.15, 0.2) is 24.5 Å². The maximum absolute atomic E-state index is 11.1. The number of ketones is 1. The molecule has 3 heteroatoms. The molecular formula is C10H14O3. The van der Waals surface area contributed by atoms with Gasteiger partial charge in [-0.3, -0.25) is 4.79 Å². The van der Waals surface area contributed by atoms with E-state index in [2.05, 4.69) is 11.3 Å². The van der Waals surface area contributed by atoms with E-state index in [9.17, 15) is 9.59 Å². The van der Waals surface area contributed by atoms with E-state index in [1.54, 1.807) is 6.92 Å². The summed E-state index contributed by atoms with van der Waals surface area (Å²) < 4.78 is 4.49. The number of allylic oxidation sites excluding steroid dienone is 1. The molecule has 0 bridgehead atoms. The Morgan fingerprint density at radius 1 is 1.46 bits per heavy atom. The van der Waals surface area contributed by atoms with E-state index in [0.717, 1.165) is 12.7 Å². The quantitative estimate of drug-likeness (QED) is 0.371. The van der Waals surface area contributed by atoms with Gasteiger partial charge in [0.15, 0.2) is 5.78 Å². The van der Waals surface area contributed by atoms with Crippen LogP contribution in [0.25, 0.3) is 0 Å². The van der Waals surface area contributed by atoms with Crippen LogP contribution < -0.4 is 0 Å². The van der Waals surface area contributed by atoms with Gasteiger partial charge in [0.05, 0.1) is 6.26 Å². The van der Waals surface area contributed by atoms with E-state index in [0.29, 0.717) is 12.0 Å². The Morgan fingerprint density at radius 2 is 2.08 bits per heavy atom. The van der Waals surface area contributed by atoms with Gasteiger partial charge in [-0.2, -0.15) is 0 Å². The highest BCUT2D eigenvalue weighted by atomic mass is 16.5. The van der Waals surface area contributed by atoms with Gasteiger partial charge >= 0.3 is 5.97 Å². The molecule has 0 aromatic rings. The summed E-state index contributed by atoms with van der Waals surface area (Å²) in [4.78, 5) is 22.0. The van der Waals surface area contributed by atoms with Crippen LogP contribution in [0.5, 0.6) is 0 Å². The average molecular weight is 182 g/mol. The van der Waals surface area contributed by atoms with Crippen molar-refractivity contribution < 1.29 is 14.3 Å². The van der Waals surface area contributed by atoms with Gasteiger partial charge in [-0.05, 0) is 19.4 Å². The summed E-state index contributed by atoms with van der Waals surface area (Å²) in [5.74, 6) is -0.583. The SMILES string of the molecule is C=COC(=O)C(C)=CC(=O)CCC. The van der Waals surface area contributed by atoms with Crippen LogP contribution >= 0.6 is 0 Å². The molecule has 0 atom stereocenters. The Morgan fingerprint density at radius 3 is 2.54 bits per heavy atom. The van der Waals surface area contributed by atoms with E-state index in [1.807, 2.05) is 6.92 Å². The molecule has 13 heavy (non-hydrogen) atoms. The third-order valence-electron chi connectivity index (χ3n) is 1.39. The number of carbonyl (C=O) groups is 2. The molecule has 3 nitrogen and oxygen atoms in total. The van der Waals surface area contributed by atoms with Crippen molar-refractivity contribution in [3.05, 3.63) is 24.5 Å². The highest BCUT2D eigenvalue weighted by Crippen LogP contribution is 2.00. The number of esters is 1. The fourth-order valence-electron chi connectivity index (χ4n) is 0.788. The minimum Gasteiger partial charge on any atom is -0.432 e. The van der Waals surface area contributed by atoms with Gasteiger partial charge in [0.1, 0.15) is 0 Å². The maximum atomic E-state index is 11.1. The fourth-order valence-corrected chi connectivity index (χ4v) is 0.788. The molecule has 0 radical (unpaired) electrons. The first kappa shape index (κ1) is 11.6. The number of hydrogen-bond acceptors (Lipinski definition) is 3. The summed E-state index contributed by atoms with van der Waals surface area (Å²) in [7, 11) is 0. The van der Waals surface area contributed by atoms with Crippen molar-refractivity contribution in [2.24, 2.45) is 0 Å². The smallest absolute Gasteiger partial charge is 0.338 e. The van der Waals surface area contributed by atoms with Crippen molar-refractivity contribution in [3.8, 4) is 0 Å². The van der Waals surface area contributed by atoms with E-state index in [4.69, 9.17) is 0 Å². The summed E-state index contributed by atoms with van der Waals surface area (Å²) in [5, 5.41) is 0. The summed E-state index contributed by atoms with van der Waals surface area (Å²) in [5.41, 5.74) is 0.304. The maximum Gasteiger partial charge on any atom is 0.338 e. The van der Waals surface area contributed by atoms with Crippen molar-refractivity contribution in [2.75, 3.05) is 0 Å². The van der Waals surface area contributed by atoms with Gasteiger partial charge in [-0.25, -0.2) is 4.79 Å². The lowest BCUT2D eigenvalue weighted by Crippen LogP contribution is -2.03. The summed E-state index contributed by atoms with van der Waals surface area (Å²) in [6.07, 6.45) is 3.58. The topological polar surface area (TPSA) is 43.4 Å². The van der Waals surface area contributed by atoms with Gasteiger partial charge in [-0.1, -0.05) is 13.5 Å². The molecule has 0 aliphatic carbocycles. The summed E-state index contributed by atoms with van der Waals surface area (Å²) >= 11 is 0. The minimum absolute atomic E-state index is 0.0546. The molecular weight excluding hydrogens is 168 g/mol. The van der Waals surface area contributed by atoms with Gasteiger partial charge in [-0.15, -0.1) is 0 Å². The lowest BCUT2D eigenvalue weighted by atomic mass is 10.1. The van der Waals surface area contributed by atoms with E-state index >= 15 is 0 Å². The van der Waals surface area contributed by atoms with Crippen molar-refractivity contribution in [1.82, 2.24) is 0 Å². The first-order valence-corrected chi connectivity index (χ1v) is 4.14. The molecule has 0 saturated heterocycles. The van der Waals surface area contributed by atoms with Crippen LogP contribution in [-0.2, 0) is 14.3 Å². The molecule has 0 aliphatic rings. The second kappa shape index (κ2) is 6.17. The zero-order valence-corrected chi connectivity index (χ0v) is 8.00. The molecule has 0 saturated carbocycles. The number of carbonyl (C=O) groups excluding carboxylic acids is 2. The third-order valence-corrected chi connectivity index (χ3v) is 1.39. The van der Waals surface area contributed by atoms with E-state index < -0.39 is 5.97 Å². The average Bonchev–Trinajstić information content (AvgIpc) is 2.05. The molecule has 0 rings (SSSR count). The van der Waals surface area contributed by atoms with E-state index in [1.165, 1.54) is 6.08 Å². The molecule has 0 unspecified atom stereocenters. The lowest BCUT2D eigenvalue weighted by Gasteiger charge is -1.97. The zero-order valence-electron chi connectivity index (χ0n) is 8.00. The second-order valence-electron chi connectivity index (χ2n) is 2.62. The summed E-state index contributed by atoms with van der Waals surface area (Å²) in [6.45, 7) is 6.69. The molecule has 0 aromatic heterocycles. The Balaban J connectivity index is 4.22. The molecule has 0 amide bonds. The normalized spacial score (nSPS) is 10.8. The fraction of sp³-hybridized carbons (Fsp3) is 0.400. The Hall–Kier alpha value is -1.38. The largest absolute Gasteiger partial charge is 0.432 e. The second-order valence-corrected chi connectivity index (χ2v) is 2.62. The predicted octanol–water partition coefficient (Wildman–Crippen LogP) is 1.99. The van der Waals surface area contributed by atoms with Gasteiger partial charge < -0.3 is 4.74 Å². The third kappa shape index (κ3) is 4.95. The highest BCUT2D eigenvalue weighted by Gasteiger charge is 2.05. The van der Waals surface area contributed by atoms with Crippen molar-refractivity contribution in [3.63, 3.8) is 0 Å².